The van der Waals surface area contributed by atoms with Crippen LogP contribution in [0.25, 0.3) is 0 Å². The van der Waals surface area contributed by atoms with Gasteiger partial charge in [-0.3, -0.25) is 4.79 Å². The van der Waals surface area contributed by atoms with Gasteiger partial charge in [0, 0.05) is 13.1 Å². The Morgan fingerprint density at radius 2 is 2.06 bits per heavy atom. The van der Waals surface area contributed by atoms with Crippen molar-refractivity contribution in [3.05, 3.63) is 29.8 Å². The van der Waals surface area contributed by atoms with Gasteiger partial charge in [-0.2, -0.15) is 0 Å². The van der Waals surface area contributed by atoms with Crippen LogP contribution in [0.3, 0.4) is 0 Å². The summed E-state index contributed by atoms with van der Waals surface area (Å²) >= 11 is 0. The third-order valence-corrected chi connectivity index (χ3v) is 3.38. The Kier molecular flexibility index (Phi) is 3.67. The highest BCUT2D eigenvalue weighted by atomic mass is 16.5. The number of rotatable bonds is 3. The molecule has 1 aromatic rings. The second-order valence-corrected chi connectivity index (χ2v) is 4.53. The molecule has 0 N–H and O–H groups in total. The van der Waals surface area contributed by atoms with Gasteiger partial charge in [0.05, 0.1) is 13.0 Å². The number of carbonyl (C=O) groups is 1. The molecular weight excluding hydrogens is 214 g/mol. The van der Waals surface area contributed by atoms with Crippen molar-refractivity contribution in [3.63, 3.8) is 0 Å². The van der Waals surface area contributed by atoms with Crippen LogP contribution >= 0.6 is 0 Å². The monoisotopic (exact) mass is 233 g/mol. The summed E-state index contributed by atoms with van der Waals surface area (Å²) in [6.45, 7) is 3.79. The zero-order valence-electron chi connectivity index (χ0n) is 10.5. The summed E-state index contributed by atoms with van der Waals surface area (Å²) in [7, 11) is 1.64. The smallest absolute Gasteiger partial charge is 0.229 e. The highest BCUT2D eigenvalue weighted by Gasteiger charge is 2.24. The number of amides is 1. The van der Waals surface area contributed by atoms with Crippen molar-refractivity contribution in [2.24, 2.45) is 0 Å². The number of hydrogen-bond acceptors (Lipinski definition) is 2. The van der Waals surface area contributed by atoms with Crippen LogP contribution < -0.4 is 4.74 Å². The fraction of sp³-hybridized carbons (Fsp3) is 0.500. The highest BCUT2D eigenvalue weighted by molar-refractivity contribution is 5.83. The average Bonchev–Trinajstić information content (AvgIpc) is 2.91. The van der Waals surface area contributed by atoms with Gasteiger partial charge in [-0.15, -0.1) is 0 Å². The summed E-state index contributed by atoms with van der Waals surface area (Å²) in [5, 5.41) is 0. The largest absolute Gasteiger partial charge is 0.497 e. The zero-order valence-corrected chi connectivity index (χ0v) is 10.5. The topological polar surface area (TPSA) is 29.5 Å². The molecular formula is C14H19NO2. The molecule has 0 aliphatic carbocycles. The quantitative estimate of drug-likeness (QED) is 0.802. The van der Waals surface area contributed by atoms with E-state index >= 15 is 0 Å². The minimum absolute atomic E-state index is 0.0804. The number of hydrogen-bond donors (Lipinski definition) is 0. The molecule has 1 aliphatic rings. The molecule has 0 spiro atoms. The zero-order chi connectivity index (χ0) is 12.3. The second-order valence-electron chi connectivity index (χ2n) is 4.53. The van der Waals surface area contributed by atoms with Gasteiger partial charge in [-0.25, -0.2) is 0 Å². The predicted molar refractivity (Wildman–Crippen MR) is 67.2 cm³/mol. The van der Waals surface area contributed by atoms with Gasteiger partial charge in [0.25, 0.3) is 0 Å². The molecule has 0 saturated carbocycles. The van der Waals surface area contributed by atoms with Crippen LogP contribution in [0, 0.1) is 0 Å². The molecule has 92 valence electrons. The first kappa shape index (κ1) is 12.0. The van der Waals surface area contributed by atoms with E-state index in [-0.39, 0.29) is 11.8 Å². The van der Waals surface area contributed by atoms with Crippen molar-refractivity contribution < 1.29 is 9.53 Å². The van der Waals surface area contributed by atoms with Gasteiger partial charge >= 0.3 is 0 Å². The van der Waals surface area contributed by atoms with Crippen molar-refractivity contribution in [2.75, 3.05) is 20.2 Å². The summed E-state index contributed by atoms with van der Waals surface area (Å²) in [4.78, 5) is 14.2. The van der Waals surface area contributed by atoms with Gasteiger partial charge in [0.1, 0.15) is 5.75 Å². The molecule has 1 atom stereocenters. The molecule has 1 aromatic carbocycles. The molecule has 0 aromatic heterocycles. The maximum absolute atomic E-state index is 12.2. The average molecular weight is 233 g/mol. The Balaban J connectivity index is 2.12. The number of nitrogens with zero attached hydrogens (tertiary/aromatic N) is 1. The first-order chi connectivity index (χ1) is 8.22. The van der Waals surface area contributed by atoms with Crippen LogP contribution in [0.1, 0.15) is 31.2 Å². The minimum atomic E-state index is -0.0804. The third-order valence-electron chi connectivity index (χ3n) is 3.38. The van der Waals surface area contributed by atoms with Crippen molar-refractivity contribution in [3.8, 4) is 5.75 Å². The molecule has 17 heavy (non-hydrogen) atoms. The number of ether oxygens (including phenoxy) is 1. The van der Waals surface area contributed by atoms with E-state index in [1.807, 2.05) is 36.1 Å². The Hall–Kier alpha value is -1.51. The standard InChI is InChI=1S/C14H19NO2/c1-11(14(16)15-8-3-4-9-15)12-6-5-7-13(10-12)17-2/h5-7,10-11H,3-4,8-9H2,1-2H3/t11-/m0/s1. The van der Waals surface area contributed by atoms with Crippen molar-refractivity contribution in [1.82, 2.24) is 4.90 Å². The molecule has 0 unspecified atom stereocenters. The lowest BCUT2D eigenvalue weighted by atomic mass is 9.99. The van der Waals surface area contributed by atoms with Crippen LogP contribution in [0.5, 0.6) is 5.75 Å². The number of benzene rings is 1. The van der Waals surface area contributed by atoms with E-state index < -0.39 is 0 Å². The van der Waals surface area contributed by atoms with E-state index in [1.54, 1.807) is 7.11 Å². The molecule has 2 rings (SSSR count). The van der Waals surface area contributed by atoms with Crippen molar-refractivity contribution in [2.45, 2.75) is 25.7 Å². The fourth-order valence-corrected chi connectivity index (χ4v) is 2.26. The SMILES string of the molecule is COc1cccc([C@H](C)C(=O)N2CCCC2)c1. The third kappa shape index (κ3) is 2.60. The van der Waals surface area contributed by atoms with Gasteiger partial charge in [0.2, 0.25) is 5.91 Å². The van der Waals surface area contributed by atoms with Crippen molar-refractivity contribution >= 4 is 5.91 Å². The number of likely N-dealkylation sites (tertiary alicyclic amines) is 1. The molecule has 0 radical (unpaired) electrons. The van der Waals surface area contributed by atoms with Gasteiger partial charge in [-0.1, -0.05) is 12.1 Å². The van der Waals surface area contributed by atoms with Gasteiger partial charge in [0.15, 0.2) is 0 Å². The second kappa shape index (κ2) is 5.21. The molecule has 3 heteroatoms. The minimum Gasteiger partial charge on any atom is -0.497 e. The molecule has 1 saturated heterocycles. The van der Waals surface area contributed by atoms with Gasteiger partial charge < -0.3 is 9.64 Å². The maximum atomic E-state index is 12.2. The molecule has 1 aliphatic heterocycles. The summed E-state index contributed by atoms with van der Waals surface area (Å²) in [6, 6.07) is 7.76. The lowest BCUT2D eigenvalue weighted by Gasteiger charge is -2.20. The van der Waals surface area contributed by atoms with E-state index in [2.05, 4.69) is 0 Å². The van der Waals surface area contributed by atoms with Crippen LogP contribution in [0.4, 0.5) is 0 Å². The molecule has 3 nitrogen and oxygen atoms in total. The summed E-state index contributed by atoms with van der Waals surface area (Å²) in [5.41, 5.74) is 1.03. The normalized spacial score (nSPS) is 16.9. The van der Waals surface area contributed by atoms with Crippen LogP contribution in [-0.2, 0) is 4.79 Å². The Labute approximate surface area is 102 Å². The number of methoxy groups -OCH3 is 1. The predicted octanol–water partition coefficient (Wildman–Crippen LogP) is 2.42. The summed E-state index contributed by atoms with van der Waals surface area (Å²) in [6.07, 6.45) is 2.27. The van der Waals surface area contributed by atoms with Crippen LogP contribution in [-0.4, -0.2) is 31.0 Å². The highest BCUT2D eigenvalue weighted by Crippen LogP contribution is 2.23. The van der Waals surface area contributed by atoms with E-state index in [4.69, 9.17) is 4.74 Å². The first-order valence-corrected chi connectivity index (χ1v) is 6.15. The van der Waals surface area contributed by atoms with E-state index in [0.29, 0.717) is 0 Å². The molecule has 1 heterocycles. The first-order valence-electron chi connectivity index (χ1n) is 6.15. The summed E-state index contributed by atoms with van der Waals surface area (Å²) in [5.74, 6) is 0.961. The lowest BCUT2D eigenvalue weighted by molar-refractivity contribution is -0.131. The van der Waals surface area contributed by atoms with E-state index in [9.17, 15) is 4.79 Å². The Morgan fingerprint density at radius 1 is 1.35 bits per heavy atom. The van der Waals surface area contributed by atoms with Crippen LogP contribution in [0.2, 0.25) is 0 Å². The van der Waals surface area contributed by atoms with E-state index in [0.717, 1.165) is 37.2 Å². The Morgan fingerprint density at radius 3 is 2.71 bits per heavy atom. The van der Waals surface area contributed by atoms with Crippen LogP contribution in [0.15, 0.2) is 24.3 Å². The molecule has 0 bridgehead atoms. The molecule has 1 amide bonds. The van der Waals surface area contributed by atoms with Gasteiger partial charge in [-0.05, 0) is 37.5 Å². The van der Waals surface area contributed by atoms with Crippen molar-refractivity contribution in [1.29, 1.82) is 0 Å². The fourth-order valence-electron chi connectivity index (χ4n) is 2.26. The lowest BCUT2D eigenvalue weighted by Crippen LogP contribution is -2.31. The number of carbonyl (C=O) groups excluding carboxylic acids is 1. The molecule has 1 fully saturated rings. The van der Waals surface area contributed by atoms with E-state index in [1.165, 1.54) is 0 Å². The summed E-state index contributed by atoms with van der Waals surface area (Å²) < 4.78 is 5.19. The Bertz CT molecular complexity index is 397. The maximum Gasteiger partial charge on any atom is 0.229 e.